The Bertz CT molecular complexity index is 915. The van der Waals surface area contributed by atoms with Crippen molar-refractivity contribution in [2.75, 3.05) is 38.0 Å². The Morgan fingerprint density at radius 2 is 0.778 bits per heavy atom. The topological polar surface area (TPSA) is 6.48 Å². The van der Waals surface area contributed by atoms with Gasteiger partial charge in [-0.15, -0.1) is 0 Å². The first kappa shape index (κ1) is 20.7. The van der Waals surface area contributed by atoms with Gasteiger partial charge < -0.3 is 9.80 Å². The molecule has 4 aromatic carbocycles. The fourth-order valence-corrected chi connectivity index (χ4v) is 3.20. The molecule has 0 aliphatic rings. The van der Waals surface area contributed by atoms with E-state index in [0.29, 0.717) is 0 Å². The van der Waals surface area contributed by atoms with E-state index >= 15 is 0 Å². The summed E-state index contributed by atoms with van der Waals surface area (Å²) in [5.41, 5.74) is 2.55. The number of nitrogens with zero attached hydrogens (tertiary/aromatic N) is 2. The standard InChI is InChI=1S/2C12H13N.H2S/c2*1-13(2)12-9-5-7-10-6-3-4-8-11(10)12;/h2*3-9H,1-2H3;1H2. The lowest BCUT2D eigenvalue weighted by atomic mass is 10.1. The zero-order chi connectivity index (χ0) is 18.5. The van der Waals surface area contributed by atoms with Crippen molar-refractivity contribution in [2.24, 2.45) is 0 Å². The van der Waals surface area contributed by atoms with E-state index in [1.807, 2.05) is 0 Å². The van der Waals surface area contributed by atoms with E-state index in [1.54, 1.807) is 0 Å². The maximum atomic E-state index is 2.16. The quantitative estimate of drug-likeness (QED) is 0.428. The van der Waals surface area contributed by atoms with Crippen LogP contribution in [-0.4, -0.2) is 28.2 Å². The second-order valence-corrected chi connectivity index (χ2v) is 6.79. The molecule has 140 valence electrons. The minimum atomic E-state index is 0. The fourth-order valence-electron chi connectivity index (χ4n) is 3.20. The van der Waals surface area contributed by atoms with Crippen molar-refractivity contribution in [3.8, 4) is 0 Å². The van der Waals surface area contributed by atoms with E-state index in [4.69, 9.17) is 0 Å². The SMILES string of the molecule is CN(C)c1cccc2ccccc12.CN(C)c1cccc2ccccc12.S. The Morgan fingerprint density at radius 3 is 1.15 bits per heavy atom. The highest BCUT2D eigenvalue weighted by Gasteiger charge is 2.01. The van der Waals surface area contributed by atoms with Crippen molar-refractivity contribution >= 4 is 46.4 Å². The van der Waals surface area contributed by atoms with Crippen LogP contribution in [0.25, 0.3) is 21.5 Å². The van der Waals surface area contributed by atoms with Crippen molar-refractivity contribution in [3.63, 3.8) is 0 Å². The molecule has 0 atom stereocenters. The molecule has 0 saturated heterocycles. The van der Waals surface area contributed by atoms with Crippen LogP contribution in [0.4, 0.5) is 11.4 Å². The zero-order valence-electron chi connectivity index (χ0n) is 16.5. The van der Waals surface area contributed by atoms with Crippen LogP contribution in [0.5, 0.6) is 0 Å². The van der Waals surface area contributed by atoms with Gasteiger partial charge in [0.2, 0.25) is 0 Å². The van der Waals surface area contributed by atoms with Crippen molar-refractivity contribution in [1.82, 2.24) is 0 Å². The number of hydrogen-bond acceptors (Lipinski definition) is 2. The highest BCUT2D eigenvalue weighted by atomic mass is 32.1. The first-order valence-electron chi connectivity index (χ1n) is 8.88. The minimum absolute atomic E-state index is 0. The lowest BCUT2D eigenvalue weighted by molar-refractivity contribution is 1.14. The van der Waals surface area contributed by atoms with Gasteiger partial charge in [-0.05, 0) is 22.9 Å². The maximum Gasteiger partial charge on any atom is 0.0440 e. The van der Waals surface area contributed by atoms with Crippen LogP contribution in [0.2, 0.25) is 0 Å². The minimum Gasteiger partial charge on any atom is -0.377 e. The average Bonchev–Trinajstić information content (AvgIpc) is 2.67. The number of fused-ring (bicyclic) bond motifs is 2. The lowest BCUT2D eigenvalue weighted by Gasteiger charge is -2.14. The summed E-state index contributed by atoms with van der Waals surface area (Å²) < 4.78 is 0. The summed E-state index contributed by atoms with van der Waals surface area (Å²) in [5.74, 6) is 0. The summed E-state index contributed by atoms with van der Waals surface area (Å²) >= 11 is 0. The molecule has 0 fully saturated rings. The molecule has 0 spiro atoms. The molecule has 27 heavy (non-hydrogen) atoms. The molecule has 4 aromatic rings. The van der Waals surface area contributed by atoms with E-state index in [0.717, 1.165) is 0 Å². The Labute approximate surface area is 169 Å². The highest BCUT2D eigenvalue weighted by Crippen LogP contribution is 2.25. The smallest absolute Gasteiger partial charge is 0.0440 e. The number of benzene rings is 4. The number of hydrogen-bond donors (Lipinski definition) is 0. The molecule has 4 rings (SSSR count). The van der Waals surface area contributed by atoms with Crippen molar-refractivity contribution in [3.05, 3.63) is 84.9 Å². The van der Waals surface area contributed by atoms with Crippen LogP contribution < -0.4 is 9.80 Å². The van der Waals surface area contributed by atoms with Gasteiger partial charge >= 0.3 is 0 Å². The lowest BCUT2D eigenvalue weighted by Crippen LogP contribution is -2.08. The van der Waals surface area contributed by atoms with Gasteiger partial charge in [-0.25, -0.2) is 0 Å². The predicted molar refractivity (Wildman–Crippen MR) is 127 cm³/mol. The molecule has 0 unspecified atom stereocenters. The summed E-state index contributed by atoms with van der Waals surface area (Å²) in [7, 11) is 8.28. The van der Waals surface area contributed by atoms with Crippen molar-refractivity contribution in [1.29, 1.82) is 0 Å². The third-order valence-electron chi connectivity index (χ3n) is 4.50. The zero-order valence-corrected chi connectivity index (χ0v) is 17.5. The summed E-state index contributed by atoms with van der Waals surface area (Å²) in [6.07, 6.45) is 0. The molecular weight excluding hydrogens is 348 g/mol. The van der Waals surface area contributed by atoms with E-state index in [1.165, 1.54) is 32.9 Å². The molecule has 0 saturated carbocycles. The maximum absolute atomic E-state index is 2.16. The molecule has 0 radical (unpaired) electrons. The van der Waals surface area contributed by atoms with Gasteiger partial charge in [-0.2, -0.15) is 13.5 Å². The van der Waals surface area contributed by atoms with Crippen LogP contribution in [0.1, 0.15) is 0 Å². The van der Waals surface area contributed by atoms with Crippen LogP contribution in [0.15, 0.2) is 84.9 Å². The summed E-state index contributed by atoms with van der Waals surface area (Å²) in [6, 6.07) is 29.7. The third kappa shape index (κ3) is 4.75. The summed E-state index contributed by atoms with van der Waals surface area (Å²) in [4.78, 5) is 4.28. The molecule has 0 aliphatic carbocycles. The van der Waals surface area contributed by atoms with Crippen LogP contribution in [0.3, 0.4) is 0 Å². The van der Waals surface area contributed by atoms with E-state index in [2.05, 4.69) is 123 Å². The number of rotatable bonds is 2. The highest BCUT2D eigenvalue weighted by molar-refractivity contribution is 7.59. The Balaban J connectivity index is 0.000000187. The molecule has 0 N–H and O–H groups in total. The molecule has 0 amide bonds. The Hall–Kier alpha value is -2.65. The second kappa shape index (κ2) is 9.33. The molecule has 3 heteroatoms. The van der Waals surface area contributed by atoms with Crippen LogP contribution in [-0.2, 0) is 0 Å². The normalized spacial score (nSPS) is 9.93. The monoisotopic (exact) mass is 376 g/mol. The van der Waals surface area contributed by atoms with Crippen molar-refractivity contribution in [2.45, 2.75) is 0 Å². The third-order valence-corrected chi connectivity index (χ3v) is 4.50. The molecule has 0 heterocycles. The Kier molecular flexibility index (Phi) is 7.14. The molecule has 2 nitrogen and oxygen atoms in total. The van der Waals surface area contributed by atoms with Gasteiger partial charge in [-0.1, -0.05) is 72.8 Å². The first-order chi connectivity index (χ1) is 12.6. The predicted octanol–water partition coefficient (Wildman–Crippen LogP) is 5.92. The van der Waals surface area contributed by atoms with Gasteiger partial charge in [0.05, 0.1) is 0 Å². The summed E-state index contributed by atoms with van der Waals surface area (Å²) in [6.45, 7) is 0. The molecule has 0 bridgehead atoms. The van der Waals surface area contributed by atoms with Gasteiger partial charge in [-0.3, -0.25) is 0 Å². The van der Waals surface area contributed by atoms with E-state index in [-0.39, 0.29) is 13.5 Å². The Morgan fingerprint density at radius 1 is 0.444 bits per heavy atom. The first-order valence-corrected chi connectivity index (χ1v) is 8.88. The molecule has 0 aromatic heterocycles. The fraction of sp³-hybridized carbons (Fsp3) is 0.167. The average molecular weight is 377 g/mol. The van der Waals surface area contributed by atoms with Gasteiger partial charge in [0.25, 0.3) is 0 Å². The van der Waals surface area contributed by atoms with Gasteiger partial charge in [0.15, 0.2) is 0 Å². The van der Waals surface area contributed by atoms with Crippen molar-refractivity contribution < 1.29 is 0 Å². The second-order valence-electron chi connectivity index (χ2n) is 6.79. The summed E-state index contributed by atoms with van der Waals surface area (Å²) in [5, 5.41) is 5.23. The van der Waals surface area contributed by atoms with Gasteiger partial charge in [0.1, 0.15) is 0 Å². The van der Waals surface area contributed by atoms with Gasteiger partial charge in [0, 0.05) is 50.3 Å². The largest absolute Gasteiger partial charge is 0.377 e. The molecular formula is C24H28N2S. The van der Waals surface area contributed by atoms with E-state index < -0.39 is 0 Å². The van der Waals surface area contributed by atoms with Crippen LogP contribution >= 0.6 is 13.5 Å². The van der Waals surface area contributed by atoms with E-state index in [9.17, 15) is 0 Å². The number of anilines is 2. The van der Waals surface area contributed by atoms with Crippen LogP contribution in [0, 0.1) is 0 Å². The molecule has 0 aliphatic heterocycles.